The molecule has 0 aliphatic heterocycles. The molecular weight excluding hydrogens is 765 g/mol. The first-order chi connectivity index (χ1) is 27.0. The summed E-state index contributed by atoms with van der Waals surface area (Å²) in [7, 11) is 3.69. The average Bonchev–Trinajstić information content (AvgIpc) is 3.61. The Labute approximate surface area is 341 Å². The highest BCUT2D eigenvalue weighted by Gasteiger charge is 2.38. The van der Waals surface area contributed by atoms with Crippen LogP contribution in [0.3, 0.4) is 0 Å². The molecule has 0 bridgehead atoms. The highest BCUT2D eigenvalue weighted by atomic mass is 33.1. The quantitative estimate of drug-likeness (QED) is 0.0535. The third-order valence-corrected chi connectivity index (χ3v) is 14.3. The number of hydrogen-bond acceptors (Lipinski definition) is 10. The van der Waals surface area contributed by atoms with Crippen LogP contribution < -0.4 is 20.9 Å². The summed E-state index contributed by atoms with van der Waals surface area (Å²) in [5.41, 5.74) is 12.8. The molecule has 2 heterocycles. The first kappa shape index (κ1) is 43.6. The summed E-state index contributed by atoms with van der Waals surface area (Å²) >= 11 is 0. The van der Waals surface area contributed by atoms with Crippen molar-refractivity contribution in [2.45, 2.75) is 98.0 Å². The predicted octanol–water partition coefficient (Wildman–Crippen LogP) is 7.95. The standard InChI is InChI=1S/C43H54N4O8S2/c1-9-54-32-15-11-13-30-36(32)34(38(48)40(44)50)26(7)46(30)42(52)23(4)17-22(3)18-24(5)56-57-25(6)19-28-20-29(21-28)43(53)47-27(8)35(39(49)41(45)51)37-31(47)14-12-16-33(37)55-10-2/h11-16,22-25,28-29H,9-10,17-21H2,1-8H3,(H2,44,50)(H2,45,51). The van der Waals surface area contributed by atoms with Crippen molar-refractivity contribution in [2.24, 2.45) is 35.1 Å². The SMILES string of the molecule is CCOc1cccc2c1c(C(=O)C(N)=O)c(C)n2C(=O)C(C)CC(C)CC(C)SSC(C)CC1CC(C(=O)n2c(C)c(C(=O)C(N)=O)c3c(OCC)cccc32)C1. The van der Waals surface area contributed by atoms with Gasteiger partial charge in [0.1, 0.15) is 11.5 Å². The van der Waals surface area contributed by atoms with Crippen LogP contribution in [-0.4, -0.2) is 68.0 Å². The lowest BCUT2D eigenvalue weighted by molar-refractivity contribution is -0.114. The molecule has 1 fully saturated rings. The minimum Gasteiger partial charge on any atom is -0.493 e. The maximum absolute atomic E-state index is 14.0. The largest absolute Gasteiger partial charge is 0.493 e. The lowest BCUT2D eigenvalue weighted by Crippen LogP contribution is -2.35. The molecule has 1 aliphatic carbocycles. The van der Waals surface area contributed by atoms with E-state index in [9.17, 15) is 28.8 Å². The van der Waals surface area contributed by atoms with Crippen molar-refractivity contribution in [3.05, 3.63) is 58.9 Å². The molecule has 0 radical (unpaired) electrons. The second-order valence-electron chi connectivity index (χ2n) is 15.4. The molecule has 2 amide bonds. The lowest BCUT2D eigenvalue weighted by atomic mass is 9.72. The summed E-state index contributed by atoms with van der Waals surface area (Å²) in [5.74, 6) is -3.16. The highest BCUT2D eigenvalue weighted by Crippen LogP contribution is 2.45. The topological polar surface area (TPSA) is 183 Å². The van der Waals surface area contributed by atoms with Crippen LogP contribution in [0.1, 0.15) is 115 Å². The van der Waals surface area contributed by atoms with Crippen molar-refractivity contribution in [3.63, 3.8) is 0 Å². The maximum Gasteiger partial charge on any atom is 0.289 e. The number of primary amides is 2. The molecule has 57 heavy (non-hydrogen) atoms. The van der Waals surface area contributed by atoms with Gasteiger partial charge in [-0.15, -0.1) is 0 Å². The van der Waals surface area contributed by atoms with Gasteiger partial charge in [0.25, 0.3) is 23.4 Å². The number of hydrogen-bond donors (Lipinski definition) is 2. The van der Waals surface area contributed by atoms with Crippen LogP contribution in [0.15, 0.2) is 36.4 Å². The van der Waals surface area contributed by atoms with Gasteiger partial charge in [-0.05, 0) is 95.9 Å². The minimum atomic E-state index is -1.09. The van der Waals surface area contributed by atoms with Gasteiger partial charge in [-0.2, -0.15) is 0 Å². The van der Waals surface area contributed by atoms with Gasteiger partial charge in [-0.1, -0.05) is 61.4 Å². The number of benzene rings is 2. The molecule has 4 atom stereocenters. The number of nitrogens with zero attached hydrogens (tertiary/aromatic N) is 2. The van der Waals surface area contributed by atoms with Crippen molar-refractivity contribution < 1.29 is 38.2 Å². The Kier molecular flexibility index (Phi) is 14.0. The van der Waals surface area contributed by atoms with Gasteiger partial charge >= 0.3 is 0 Å². The number of rotatable bonds is 19. The summed E-state index contributed by atoms with van der Waals surface area (Å²) in [5, 5.41) is 1.55. The van der Waals surface area contributed by atoms with Gasteiger partial charge in [0.15, 0.2) is 0 Å². The number of fused-ring (bicyclic) bond motifs is 2. The van der Waals surface area contributed by atoms with E-state index in [1.54, 1.807) is 54.8 Å². The van der Waals surface area contributed by atoms with E-state index in [-0.39, 0.29) is 40.7 Å². The number of Topliss-reactive ketones (excluding diaryl/α,β-unsaturated/α-hetero) is 2. The van der Waals surface area contributed by atoms with Crippen molar-refractivity contribution in [2.75, 3.05) is 13.2 Å². The van der Waals surface area contributed by atoms with Gasteiger partial charge in [-0.25, -0.2) is 0 Å². The van der Waals surface area contributed by atoms with E-state index in [0.29, 0.717) is 80.7 Å². The number of nitrogens with two attached hydrogens (primary N) is 2. The Morgan fingerprint density at radius 2 is 1.19 bits per heavy atom. The Bertz CT molecular complexity index is 2220. The average molecular weight is 819 g/mol. The zero-order valence-electron chi connectivity index (χ0n) is 34.0. The summed E-state index contributed by atoms with van der Waals surface area (Å²) in [4.78, 5) is 77.6. The fraction of sp³-hybridized carbons (Fsp3) is 0.488. The molecular formula is C43H54N4O8S2. The van der Waals surface area contributed by atoms with E-state index in [1.807, 2.05) is 42.4 Å². The van der Waals surface area contributed by atoms with Gasteiger partial charge in [0, 0.05) is 33.7 Å². The summed E-state index contributed by atoms with van der Waals surface area (Å²) < 4.78 is 14.6. The monoisotopic (exact) mass is 818 g/mol. The molecule has 2 aromatic heterocycles. The Morgan fingerprint density at radius 3 is 1.68 bits per heavy atom. The first-order valence-electron chi connectivity index (χ1n) is 19.6. The second-order valence-corrected chi connectivity index (χ2v) is 18.5. The van der Waals surface area contributed by atoms with Crippen LogP contribution >= 0.6 is 21.6 Å². The molecule has 0 spiro atoms. The second kappa shape index (κ2) is 18.4. The fourth-order valence-electron chi connectivity index (χ4n) is 8.42. The molecule has 306 valence electrons. The zero-order valence-corrected chi connectivity index (χ0v) is 35.6. The molecule has 14 heteroatoms. The molecule has 12 nitrogen and oxygen atoms in total. The van der Waals surface area contributed by atoms with Crippen LogP contribution in [0.25, 0.3) is 21.8 Å². The van der Waals surface area contributed by atoms with Crippen LogP contribution in [-0.2, 0) is 9.59 Å². The smallest absolute Gasteiger partial charge is 0.289 e. The summed E-state index contributed by atoms with van der Waals surface area (Å²) in [6.45, 7) is 16.1. The van der Waals surface area contributed by atoms with Crippen molar-refractivity contribution >= 4 is 78.6 Å². The molecule has 5 rings (SSSR count). The Hall–Kier alpha value is -4.56. The maximum atomic E-state index is 14.0. The van der Waals surface area contributed by atoms with E-state index >= 15 is 0 Å². The van der Waals surface area contributed by atoms with E-state index in [1.165, 1.54) is 4.57 Å². The lowest BCUT2D eigenvalue weighted by Gasteiger charge is -2.36. The number of aromatic nitrogens is 2. The minimum absolute atomic E-state index is 0.0918. The highest BCUT2D eigenvalue weighted by molar-refractivity contribution is 8.77. The van der Waals surface area contributed by atoms with Crippen molar-refractivity contribution in [1.29, 1.82) is 0 Å². The van der Waals surface area contributed by atoms with Gasteiger partial charge in [0.05, 0.1) is 46.1 Å². The number of ketones is 2. The number of carbonyl (C=O) groups excluding carboxylic acids is 6. The van der Waals surface area contributed by atoms with Gasteiger partial charge in [0.2, 0.25) is 11.8 Å². The van der Waals surface area contributed by atoms with Crippen molar-refractivity contribution in [3.8, 4) is 11.5 Å². The van der Waals surface area contributed by atoms with Crippen LogP contribution in [0, 0.1) is 37.5 Å². The zero-order chi connectivity index (χ0) is 41.9. The van der Waals surface area contributed by atoms with E-state index in [0.717, 1.165) is 25.7 Å². The Balaban J connectivity index is 1.15. The predicted molar refractivity (Wildman–Crippen MR) is 226 cm³/mol. The number of carbonyl (C=O) groups is 6. The van der Waals surface area contributed by atoms with Gasteiger partial charge < -0.3 is 20.9 Å². The Morgan fingerprint density at radius 1 is 0.719 bits per heavy atom. The van der Waals surface area contributed by atoms with E-state index in [4.69, 9.17) is 20.9 Å². The third-order valence-electron chi connectivity index (χ3n) is 10.9. The molecule has 2 aromatic carbocycles. The molecule has 4 N–H and O–H groups in total. The van der Waals surface area contributed by atoms with Crippen LogP contribution in [0.2, 0.25) is 0 Å². The molecule has 1 aliphatic rings. The summed E-state index contributed by atoms with van der Waals surface area (Å²) in [6, 6.07) is 10.5. The number of amides is 2. The van der Waals surface area contributed by atoms with Crippen LogP contribution in [0.5, 0.6) is 11.5 Å². The van der Waals surface area contributed by atoms with Crippen molar-refractivity contribution in [1.82, 2.24) is 9.13 Å². The van der Waals surface area contributed by atoms with E-state index in [2.05, 4.69) is 20.8 Å². The first-order valence-corrected chi connectivity index (χ1v) is 21.9. The molecule has 0 saturated heterocycles. The summed E-state index contributed by atoms with van der Waals surface area (Å²) in [6.07, 6.45) is 4.01. The molecule has 1 saturated carbocycles. The fourth-order valence-corrected chi connectivity index (χ4v) is 11.2. The van der Waals surface area contributed by atoms with Crippen LogP contribution in [0.4, 0.5) is 0 Å². The number of ether oxygens (including phenoxy) is 2. The normalized spacial score (nSPS) is 17.4. The molecule has 4 aromatic rings. The van der Waals surface area contributed by atoms with E-state index < -0.39 is 23.4 Å². The molecule has 4 unspecified atom stereocenters. The third kappa shape index (κ3) is 8.96. The van der Waals surface area contributed by atoms with Gasteiger partial charge in [-0.3, -0.25) is 37.9 Å².